The summed E-state index contributed by atoms with van der Waals surface area (Å²) in [4.78, 5) is 76.9. The smallest absolute Gasteiger partial charge is 0.322 e. The van der Waals surface area contributed by atoms with E-state index in [1.165, 1.54) is 18.2 Å². The van der Waals surface area contributed by atoms with Gasteiger partial charge in [-0.2, -0.15) is 0 Å². The lowest BCUT2D eigenvalue weighted by Crippen LogP contribution is -2.46. The molecule has 0 bridgehead atoms. The summed E-state index contributed by atoms with van der Waals surface area (Å²) in [7, 11) is 0. The van der Waals surface area contributed by atoms with Crippen LogP contribution in [0.1, 0.15) is 85.1 Å². The maximum atomic E-state index is 13.7. The Morgan fingerprint density at radius 2 is 1.26 bits per heavy atom. The number of carbonyl (C=O) groups is 6. The molecule has 0 radical (unpaired) electrons. The summed E-state index contributed by atoms with van der Waals surface area (Å²) >= 11 is 6.00. The Morgan fingerprint density at radius 3 is 1.78 bits per heavy atom. The lowest BCUT2D eigenvalue weighted by Gasteiger charge is -2.22. The molecule has 290 valence electrons. The van der Waals surface area contributed by atoms with Crippen LogP contribution in [-0.2, 0) is 25.6 Å². The number of unbranched alkanes of at least 4 members (excludes halogenated alkanes) is 1. The van der Waals surface area contributed by atoms with Crippen LogP contribution in [0.4, 0.5) is 17.1 Å². The molecule has 0 aromatic heterocycles. The van der Waals surface area contributed by atoms with Crippen molar-refractivity contribution in [3.63, 3.8) is 0 Å². The van der Waals surface area contributed by atoms with E-state index in [1.54, 1.807) is 48.5 Å². The van der Waals surface area contributed by atoms with Crippen molar-refractivity contribution in [2.75, 3.05) is 29.0 Å². The Balaban J connectivity index is 1.86. The van der Waals surface area contributed by atoms with Crippen molar-refractivity contribution in [1.82, 2.24) is 10.6 Å². The number of aliphatic carboxylic acids is 1. The summed E-state index contributed by atoms with van der Waals surface area (Å²) in [5.74, 6) is -3.86. The molecule has 15 heteroatoms. The molecule has 2 atom stereocenters. The van der Waals surface area contributed by atoms with Gasteiger partial charge in [-0.05, 0) is 105 Å². The third-order valence-corrected chi connectivity index (χ3v) is 8.72. The Morgan fingerprint density at radius 1 is 0.704 bits per heavy atom. The van der Waals surface area contributed by atoms with E-state index in [0.29, 0.717) is 60.6 Å². The summed E-state index contributed by atoms with van der Waals surface area (Å²) in [6.45, 7) is 3.90. The van der Waals surface area contributed by atoms with Gasteiger partial charge in [-0.3, -0.25) is 28.8 Å². The predicted molar refractivity (Wildman–Crippen MR) is 209 cm³/mol. The highest BCUT2D eigenvalue weighted by Gasteiger charge is 2.26. The third kappa shape index (κ3) is 14.3. The maximum absolute atomic E-state index is 13.7. The minimum Gasteiger partial charge on any atom is -0.480 e. The van der Waals surface area contributed by atoms with E-state index in [4.69, 9.17) is 28.2 Å². The van der Waals surface area contributed by atoms with Crippen molar-refractivity contribution in [2.24, 2.45) is 17.4 Å². The van der Waals surface area contributed by atoms with Gasteiger partial charge in [-0.25, -0.2) is 0 Å². The van der Waals surface area contributed by atoms with Crippen molar-refractivity contribution < 1.29 is 33.9 Å². The first-order chi connectivity index (χ1) is 25.8. The van der Waals surface area contributed by atoms with Crippen molar-refractivity contribution in [3.8, 4) is 0 Å². The molecule has 0 saturated carbocycles. The number of anilines is 3. The van der Waals surface area contributed by atoms with Gasteiger partial charge in [0.1, 0.15) is 12.6 Å². The van der Waals surface area contributed by atoms with Crippen LogP contribution < -0.4 is 38.1 Å². The zero-order chi connectivity index (χ0) is 39.6. The summed E-state index contributed by atoms with van der Waals surface area (Å²) in [6, 6.07) is 15.4. The van der Waals surface area contributed by atoms with Crippen LogP contribution in [0, 0.1) is 5.92 Å². The fourth-order valence-electron chi connectivity index (χ4n) is 5.65. The zero-order valence-electron chi connectivity index (χ0n) is 30.6. The molecule has 0 aliphatic heterocycles. The van der Waals surface area contributed by atoms with Gasteiger partial charge < -0.3 is 43.2 Å². The fraction of sp³-hybridized carbons (Fsp3) is 0.385. The standard InChI is InChI=1S/C39H50ClN7O7/c1-3-7-25(8-4-2)35(50)47-33(9-5-6-18-41)39(54)46-31-21-26(20-27(22-31)37(52)45-30-16-12-28(40)13-17-30)36(51)44-29-14-10-24(11-15-29)19-32(42)38(53)43-23-34(48)49/h10-17,20-22,25,32-33H,3-9,18-19,23,41-42H2,1-2H3,(H,43,53)(H,44,51)(H,45,52)(H,46,54)(H,47,50)(H,48,49). The molecule has 5 amide bonds. The number of amides is 5. The van der Waals surface area contributed by atoms with Crippen molar-refractivity contribution in [1.29, 1.82) is 0 Å². The molecule has 0 aliphatic rings. The average molecular weight is 764 g/mol. The molecule has 3 aromatic carbocycles. The molecular weight excluding hydrogens is 714 g/mol. The van der Waals surface area contributed by atoms with Crippen LogP contribution in [0.15, 0.2) is 66.7 Å². The van der Waals surface area contributed by atoms with Gasteiger partial charge in [0.15, 0.2) is 0 Å². The Kier molecular flexibility index (Phi) is 17.6. The number of benzene rings is 3. The first kappa shape index (κ1) is 43.1. The monoisotopic (exact) mass is 763 g/mol. The highest BCUT2D eigenvalue weighted by Crippen LogP contribution is 2.22. The molecule has 0 aliphatic carbocycles. The molecule has 0 spiro atoms. The van der Waals surface area contributed by atoms with Crippen molar-refractivity contribution in [2.45, 2.75) is 77.3 Å². The van der Waals surface area contributed by atoms with Gasteiger partial charge >= 0.3 is 5.97 Å². The van der Waals surface area contributed by atoms with E-state index in [9.17, 15) is 28.8 Å². The Hall–Kier alpha value is -5.31. The molecule has 0 saturated heterocycles. The first-order valence-corrected chi connectivity index (χ1v) is 18.4. The van der Waals surface area contributed by atoms with Crippen molar-refractivity contribution in [3.05, 3.63) is 88.4 Å². The van der Waals surface area contributed by atoms with Crippen LogP contribution in [0.5, 0.6) is 0 Å². The number of hydrogen-bond acceptors (Lipinski definition) is 8. The topological polar surface area (TPSA) is 235 Å². The van der Waals surface area contributed by atoms with Gasteiger partial charge in [0.25, 0.3) is 11.8 Å². The number of carboxylic acids is 1. The van der Waals surface area contributed by atoms with Gasteiger partial charge in [-0.15, -0.1) is 0 Å². The Labute approximate surface area is 320 Å². The first-order valence-electron chi connectivity index (χ1n) is 18.0. The van der Waals surface area contributed by atoms with Crippen LogP contribution >= 0.6 is 11.6 Å². The summed E-state index contributed by atoms with van der Waals surface area (Å²) < 4.78 is 0. The number of halogens is 1. The fourth-order valence-corrected chi connectivity index (χ4v) is 5.78. The van der Waals surface area contributed by atoms with E-state index in [2.05, 4.69) is 26.6 Å². The van der Waals surface area contributed by atoms with E-state index in [1.807, 2.05) is 13.8 Å². The molecule has 0 heterocycles. The molecule has 2 unspecified atom stereocenters. The predicted octanol–water partition coefficient (Wildman–Crippen LogP) is 4.68. The van der Waals surface area contributed by atoms with E-state index >= 15 is 0 Å². The molecule has 14 nitrogen and oxygen atoms in total. The Bertz CT molecular complexity index is 1750. The summed E-state index contributed by atoms with van der Waals surface area (Å²) in [5, 5.41) is 22.8. The summed E-state index contributed by atoms with van der Waals surface area (Å²) in [6.07, 6.45) is 4.77. The number of nitrogens with two attached hydrogens (primary N) is 2. The van der Waals surface area contributed by atoms with E-state index in [-0.39, 0.29) is 35.1 Å². The molecular formula is C39H50ClN7O7. The minimum absolute atomic E-state index is 0.0601. The average Bonchev–Trinajstić information content (AvgIpc) is 3.14. The van der Waals surface area contributed by atoms with Gasteiger partial charge in [0.05, 0.1) is 6.04 Å². The molecule has 3 aromatic rings. The SMILES string of the molecule is CCCC(CCC)C(=O)NC(CCCCN)C(=O)Nc1cc(C(=O)Nc2ccc(Cl)cc2)cc(C(=O)Nc2ccc(CC(N)C(=O)NCC(=O)O)cc2)c1. The minimum atomic E-state index is -1.19. The van der Waals surface area contributed by atoms with Gasteiger partial charge in [0.2, 0.25) is 17.7 Å². The van der Waals surface area contributed by atoms with Gasteiger partial charge in [-0.1, -0.05) is 50.4 Å². The zero-order valence-corrected chi connectivity index (χ0v) is 31.3. The largest absolute Gasteiger partial charge is 0.480 e. The number of hydrogen-bond donors (Lipinski definition) is 8. The summed E-state index contributed by atoms with van der Waals surface area (Å²) in [5.41, 5.74) is 13.4. The second-order valence-electron chi connectivity index (χ2n) is 12.9. The van der Waals surface area contributed by atoms with Gasteiger partial charge in [0, 0.05) is 39.1 Å². The second-order valence-corrected chi connectivity index (χ2v) is 13.4. The van der Waals surface area contributed by atoms with E-state index < -0.39 is 48.2 Å². The number of rotatable bonds is 21. The molecule has 0 fully saturated rings. The third-order valence-electron chi connectivity index (χ3n) is 8.47. The quantitative estimate of drug-likeness (QED) is 0.0703. The van der Waals surface area contributed by atoms with E-state index in [0.717, 1.165) is 12.8 Å². The van der Waals surface area contributed by atoms with Crippen LogP contribution in [0.25, 0.3) is 0 Å². The van der Waals surface area contributed by atoms with Crippen molar-refractivity contribution >= 4 is 64.2 Å². The number of nitrogens with one attached hydrogen (secondary N) is 5. The normalized spacial score (nSPS) is 12.0. The lowest BCUT2D eigenvalue weighted by atomic mass is 9.96. The number of carboxylic acid groups (broad SMARTS) is 1. The lowest BCUT2D eigenvalue weighted by molar-refractivity contribution is -0.138. The molecule has 10 N–H and O–H groups in total. The molecule has 54 heavy (non-hydrogen) atoms. The maximum Gasteiger partial charge on any atom is 0.322 e. The molecule has 3 rings (SSSR count). The van der Waals surface area contributed by atoms with Crippen LogP contribution in [0.2, 0.25) is 5.02 Å². The highest BCUT2D eigenvalue weighted by molar-refractivity contribution is 6.30. The number of carbonyl (C=O) groups excluding carboxylic acids is 5. The van der Waals surface area contributed by atoms with Crippen LogP contribution in [0.3, 0.4) is 0 Å². The van der Waals surface area contributed by atoms with Crippen LogP contribution in [-0.4, -0.2) is 65.8 Å². The second kappa shape index (κ2) is 22.0. The highest BCUT2D eigenvalue weighted by atomic mass is 35.5.